The van der Waals surface area contributed by atoms with Gasteiger partial charge >= 0.3 is 12.4 Å². The van der Waals surface area contributed by atoms with Crippen molar-refractivity contribution in [3.63, 3.8) is 0 Å². The van der Waals surface area contributed by atoms with Crippen molar-refractivity contribution in [3.05, 3.63) is 24.2 Å². The molecule has 0 saturated carbocycles. The Morgan fingerprint density at radius 1 is 1.11 bits per heavy atom. The number of piperidine rings is 1. The molecule has 0 aromatic carbocycles. The quantitative estimate of drug-likeness (QED) is 0.727. The van der Waals surface area contributed by atoms with Crippen molar-refractivity contribution in [1.29, 1.82) is 0 Å². The molecule has 2 N–H and O–H groups in total. The van der Waals surface area contributed by atoms with Gasteiger partial charge in [0.15, 0.2) is 0 Å². The Balaban J connectivity index is 0.00000280. The summed E-state index contributed by atoms with van der Waals surface area (Å²) in [5.41, 5.74) is -1.81. The van der Waals surface area contributed by atoms with E-state index in [4.69, 9.17) is 0 Å². The molecule has 156 valence electrons. The smallest absolute Gasteiger partial charge is 0.351 e. The first-order chi connectivity index (χ1) is 12.6. The van der Waals surface area contributed by atoms with E-state index in [0.29, 0.717) is 10.9 Å². The number of nitrogens with one attached hydrogen (secondary N) is 2. The summed E-state index contributed by atoms with van der Waals surface area (Å²) >= 11 is 0. The van der Waals surface area contributed by atoms with Gasteiger partial charge in [0.05, 0.1) is 11.9 Å². The molecule has 0 spiro atoms. The van der Waals surface area contributed by atoms with Crippen LogP contribution in [0.4, 0.5) is 32.3 Å². The standard InChI is InChI=1S/C15H16F6N6.ClH/c16-14(17,18)8-27-7-9(5-24-27)12-11(15(19,20)21)6-23-13(26-12)25-10-1-3-22-4-2-10;/h5-7,10,22H,1-4,8H2,(H,23,25,26);1H. The molecule has 3 heterocycles. The van der Waals surface area contributed by atoms with E-state index in [-0.39, 0.29) is 30.0 Å². The summed E-state index contributed by atoms with van der Waals surface area (Å²) in [7, 11) is 0. The molecule has 0 radical (unpaired) electrons. The summed E-state index contributed by atoms with van der Waals surface area (Å²) in [5.74, 6) is -0.00605. The second kappa shape index (κ2) is 8.52. The van der Waals surface area contributed by atoms with Crippen molar-refractivity contribution >= 4 is 18.4 Å². The maximum absolute atomic E-state index is 13.3. The predicted octanol–water partition coefficient (Wildman–Crippen LogP) is 3.51. The molecule has 13 heteroatoms. The summed E-state index contributed by atoms with van der Waals surface area (Å²) in [6, 6.07) is 0.00351. The SMILES string of the molecule is Cl.FC(F)(F)Cn1cc(-c2nc(NC3CCNCC3)ncc2C(F)(F)F)cn1. The first-order valence-corrected chi connectivity index (χ1v) is 8.13. The minimum absolute atomic E-state index is 0. The van der Waals surface area contributed by atoms with Gasteiger partial charge in [-0.1, -0.05) is 0 Å². The number of alkyl halides is 6. The summed E-state index contributed by atoms with van der Waals surface area (Å²) < 4.78 is 77.8. The first kappa shape index (κ1) is 22.2. The average molecular weight is 431 g/mol. The van der Waals surface area contributed by atoms with Gasteiger partial charge in [0.25, 0.3) is 0 Å². The van der Waals surface area contributed by atoms with Crippen LogP contribution < -0.4 is 10.6 Å². The van der Waals surface area contributed by atoms with Gasteiger partial charge in [-0.15, -0.1) is 12.4 Å². The highest BCUT2D eigenvalue weighted by molar-refractivity contribution is 5.85. The van der Waals surface area contributed by atoms with Gasteiger partial charge in [-0.25, -0.2) is 9.97 Å². The highest BCUT2D eigenvalue weighted by Gasteiger charge is 2.36. The Kier molecular flexibility index (Phi) is 6.75. The van der Waals surface area contributed by atoms with Crippen LogP contribution in [-0.4, -0.2) is 45.1 Å². The topological polar surface area (TPSA) is 67.7 Å². The van der Waals surface area contributed by atoms with Gasteiger partial charge in [0, 0.05) is 24.0 Å². The summed E-state index contributed by atoms with van der Waals surface area (Å²) in [6.07, 6.45) is -5.34. The summed E-state index contributed by atoms with van der Waals surface area (Å²) in [4.78, 5) is 7.64. The molecule has 1 fully saturated rings. The van der Waals surface area contributed by atoms with Gasteiger partial charge in [-0.2, -0.15) is 31.4 Å². The maximum atomic E-state index is 13.3. The van der Waals surface area contributed by atoms with Gasteiger partial charge in [0.1, 0.15) is 12.1 Å². The molecule has 28 heavy (non-hydrogen) atoms. The molecule has 2 aromatic heterocycles. The lowest BCUT2D eigenvalue weighted by Crippen LogP contribution is -2.35. The van der Waals surface area contributed by atoms with Gasteiger partial charge in [-0.05, 0) is 25.9 Å². The number of rotatable bonds is 4. The number of nitrogens with zero attached hydrogens (tertiary/aromatic N) is 4. The largest absolute Gasteiger partial charge is 0.419 e. The number of hydrogen-bond acceptors (Lipinski definition) is 5. The molecule has 1 saturated heterocycles. The second-order valence-corrected chi connectivity index (χ2v) is 6.16. The second-order valence-electron chi connectivity index (χ2n) is 6.16. The fourth-order valence-corrected chi connectivity index (χ4v) is 2.78. The lowest BCUT2D eigenvalue weighted by Gasteiger charge is -2.24. The van der Waals surface area contributed by atoms with E-state index < -0.39 is 30.2 Å². The molecule has 0 amide bonds. The molecule has 1 aliphatic heterocycles. The molecule has 6 nitrogen and oxygen atoms in total. The van der Waals surface area contributed by atoms with Crippen LogP contribution in [0.1, 0.15) is 18.4 Å². The van der Waals surface area contributed by atoms with Crippen molar-refractivity contribution in [2.75, 3.05) is 18.4 Å². The van der Waals surface area contributed by atoms with Crippen LogP contribution in [-0.2, 0) is 12.7 Å². The number of anilines is 1. The summed E-state index contributed by atoms with van der Waals surface area (Å²) in [6.45, 7) is 0.115. The van der Waals surface area contributed by atoms with E-state index in [2.05, 4.69) is 25.7 Å². The Morgan fingerprint density at radius 2 is 1.79 bits per heavy atom. The van der Waals surface area contributed by atoms with Crippen LogP contribution in [0.15, 0.2) is 18.6 Å². The van der Waals surface area contributed by atoms with Crippen molar-refractivity contribution in [2.45, 2.75) is 37.8 Å². The van der Waals surface area contributed by atoms with Crippen LogP contribution in [0.5, 0.6) is 0 Å². The highest BCUT2D eigenvalue weighted by Crippen LogP contribution is 2.36. The average Bonchev–Trinajstić information content (AvgIpc) is 3.01. The van der Waals surface area contributed by atoms with Crippen LogP contribution in [0, 0.1) is 0 Å². The lowest BCUT2D eigenvalue weighted by atomic mass is 10.1. The number of hydrogen-bond donors (Lipinski definition) is 2. The van der Waals surface area contributed by atoms with Crippen LogP contribution in [0.25, 0.3) is 11.3 Å². The van der Waals surface area contributed by atoms with Crippen molar-refractivity contribution < 1.29 is 26.3 Å². The molecular weight excluding hydrogens is 414 g/mol. The van der Waals surface area contributed by atoms with E-state index in [1.54, 1.807) is 0 Å². The first-order valence-electron chi connectivity index (χ1n) is 8.13. The third kappa shape index (κ3) is 5.71. The minimum atomic E-state index is -4.76. The molecule has 2 aromatic rings. The van der Waals surface area contributed by atoms with Gasteiger partial charge < -0.3 is 10.6 Å². The maximum Gasteiger partial charge on any atom is 0.419 e. The molecule has 3 rings (SSSR count). The summed E-state index contributed by atoms with van der Waals surface area (Å²) in [5, 5.41) is 9.62. The van der Waals surface area contributed by atoms with E-state index in [1.807, 2.05) is 0 Å². The van der Waals surface area contributed by atoms with Crippen LogP contribution in [0.3, 0.4) is 0 Å². The van der Waals surface area contributed by atoms with E-state index in [0.717, 1.165) is 38.3 Å². The lowest BCUT2D eigenvalue weighted by molar-refractivity contribution is -0.142. The molecule has 0 unspecified atom stereocenters. The van der Waals surface area contributed by atoms with Crippen molar-refractivity contribution in [2.24, 2.45) is 0 Å². The van der Waals surface area contributed by atoms with Crippen molar-refractivity contribution in [3.8, 4) is 11.3 Å². The van der Waals surface area contributed by atoms with E-state index in [9.17, 15) is 26.3 Å². The number of aromatic nitrogens is 4. The molecular formula is C15H17ClF6N6. The Labute approximate surface area is 162 Å². The Hall–Kier alpha value is -2.08. The number of halogens is 7. The van der Waals surface area contributed by atoms with E-state index in [1.165, 1.54) is 0 Å². The van der Waals surface area contributed by atoms with Crippen molar-refractivity contribution in [1.82, 2.24) is 25.1 Å². The third-order valence-electron chi connectivity index (χ3n) is 4.01. The predicted molar refractivity (Wildman–Crippen MR) is 91.1 cm³/mol. The normalized spacial score (nSPS) is 15.9. The monoisotopic (exact) mass is 430 g/mol. The minimum Gasteiger partial charge on any atom is -0.351 e. The zero-order chi connectivity index (χ0) is 19.7. The molecule has 1 aliphatic rings. The van der Waals surface area contributed by atoms with Gasteiger partial charge in [0.2, 0.25) is 5.95 Å². The van der Waals surface area contributed by atoms with Gasteiger partial charge in [-0.3, -0.25) is 4.68 Å². The Morgan fingerprint density at radius 3 is 2.39 bits per heavy atom. The molecule has 0 atom stereocenters. The van der Waals surface area contributed by atoms with Crippen LogP contribution >= 0.6 is 12.4 Å². The molecule has 0 aliphatic carbocycles. The zero-order valence-electron chi connectivity index (χ0n) is 14.3. The fraction of sp³-hybridized carbons (Fsp3) is 0.533. The Bertz CT molecular complexity index is 784. The fourth-order valence-electron chi connectivity index (χ4n) is 2.78. The third-order valence-corrected chi connectivity index (χ3v) is 4.01. The van der Waals surface area contributed by atoms with Crippen LogP contribution in [0.2, 0.25) is 0 Å². The van der Waals surface area contributed by atoms with E-state index >= 15 is 0 Å². The highest BCUT2D eigenvalue weighted by atomic mass is 35.5. The zero-order valence-corrected chi connectivity index (χ0v) is 15.1. The molecule has 0 bridgehead atoms.